The zero-order valence-electron chi connectivity index (χ0n) is 20.6. The van der Waals surface area contributed by atoms with Crippen LogP contribution >= 0.6 is 11.3 Å². The van der Waals surface area contributed by atoms with E-state index in [0.717, 1.165) is 40.8 Å². The lowest BCUT2D eigenvalue weighted by atomic mass is 9.90. The van der Waals surface area contributed by atoms with Crippen molar-refractivity contribution in [1.82, 2.24) is 9.55 Å². The zero-order chi connectivity index (χ0) is 27.5. The molecule has 0 amide bonds. The van der Waals surface area contributed by atoms with E-state index >= 15 is 0 Å². The first kappa shape index (κ1) is 25.1. The molecule has 10 heteroatoms. The molecule has 0 spiro atoms. The Labute approximate surface area is 223 Å². The number of alkyl halides is 3. The zero-order valence-corrected chi connectivity index (χ0v) is 21.4. The van der Waals surface area contributed by atoms with E-state index in [1.807, 2.05) is 18.2 Å². The summed E-state index contributed by atoms with van der Waals surface area (Å²) in [5.74, 6) is -0.297. The van der Waals surface area contributed by atoms with Crippen molar-refractivity contribution >= 4 is 38.4 Å². The van der Waals surface area contributed by atoms with Gasteiger partial charge < -0.3 is 9.84 Å². The highest BCUT2D eigenvalue weighted by Crippen LogP contribution is 2.43. The molecular formula is C29H21F3N2O4S. The number of aliphatic carboxylic acids is 1. The highest BCUT2D eigenvalue weighted by molar-refractivity contribution is 7.17. The number of aromatic nitrogens is 2. The van der Waals surface area contributed by atoms with Gasteiger partial charge in [-0.05, 0) is 65.6 Å². The maximum absolute atomic E-state index is 13.3. The molecule has 0 saturated heterocycles. The van der Waals surface area contributed by atoms with Gasteiger partial charge in [0.15, 0.2) is 0 Å². The van der Waals surface area contributed by atoms with Gasteiger partial charge in [0.1, 0.15) is 5.75 Å². The number of nitrogens with zero attached hydrogens (tertiary/aromatic N) is 2. The van der Waals surface area contributed by atoms with Crippen LogP contribution in [0.4, 0.5) is 13.2 Å². The van der Waals surface area contributed by atoms with E-state index in [4.69, 9.17) is 4.74 Å². The second-order valence-electron chi connectivity index (χ2n) is 9.52. The molecule has 0 fully saturated rings. The monoisotopic (exact) mass is 550 g/mol. The molecule has 198 valence electrons. The highest BCUT2D eigenvalue weighted by atomic mass is 32.1. The average molecular weight is 551 g/mol. The van der Waals surface area contributed by atoms with Crippen LogP contribution in [0.25, 0.3) is 32.2 Å². The maximum atomic E-state index is 13.3. The molecule has 0 atom stereocenters. The molecule has 3 aromatic carbocycles. The van der Waals surface area contributed by atoms with Gasteiger partial charge in [-0.2, -0.15) is 13.2 Å². The van der Waals surface area contributed by atoms with Gasteiger partial charge in [0, 0.05) is 29.1 Å². The summed E-state index contributed by atoms with van der Waals surface area (Å²) >= 11 is 0.989. The number of hydrogen-bond donors (Lipinski definition) is 1. The first-order valence-corrected chi connectivity index (χ1v) is 13.0. The number of rotatable bonds is 5. The number of aryl methyl sites for hydroxylation is 1. The van der Waals surface area contributed by atoms with Crippen LogP contribution in [0.1, 0.15) is 27.8 Å². The summed E-state index contributed by atoms with van der Waals surface area (Å²) < 4.78 is 47.1. The topological polar surface area (TPSA) is 81.4 Å². The number of carbonyl (C=O) groups is 1. The van der Waals surface area contributed by atoms with Gasteiger partial charge in [0.05, 0.1) is 40.9 Å². The fourth-order valence-corrected chi connectivity index (χ4v) is 6.32. The van der Waals surface area contributed by atoms with E-state index < -0.39 is 17.7 Å². The van der Waals surface area contributed by atoms with E-state index in [1.54, 1.807) is 19.2 Å². The SMILES string of the molecule is Cc1cc2c(sc(=O)n2Cc2ccc(C(F)(F)F)cc2)c(-c2ccc3c4c(ccnc24)CCO3)c1CC(=O)O. The van der Waals surface area contributed by atoms with Crippen molar-refractivity contribution in [3.63, 3.8) is 0 Å². The third-order valence-electron chi connectivity index (χ3n) is 7.08. The van der Waals surface area contributed by atoms with Gasteiger partial charge >= 0.3 is 17.0 Å². The molecular weight excluding hydrogens is 529 g/mol. The van der Waals surface area contributed by atoms with Crippen molar-refractivity contribution in [2.75, 3.05) is 6.61 Å². The van der Waals surface area contributed by atoms with Crippen LogP contribution in [0.2, 0.25) is 0 Å². The Kier molecular flexibility index (Phi) is 5.95. The molecule has 1 N–H and O–H groups in total. The second kappa shape index (κ2) is 9.23. The van der Waals surface area contributed by atoms with Crippen molar-refractivity contribution in [3.8, 4) is 16.9 Å². The van der Waals surface area contributed by atoms with Crippen LogP contribution < -0.4 is 9.61 Å². The fraction of sp³-hybridized carbons (Fsp3) is 0.207. The minimum absolute atomic E-state index is 0.0735. The summed E-state index contributed by atoms with van der Waals surface area (Å²) in [6, 6.07) is 12.1. The standard InChI is InChI=1S/C29H21F3N2O4S/c1-15-12-21-27(39-28(37)34(21)14-16-2-4-18(5-3-16)29(30,31)32)25(20(15)13-23(35)36)19-6-7-22-24-17(9-11-38-22)8-10-33-26(19)24/h2-8,10,12H,9,11,13-14H2,1H3,(H,35,36). The summed E-state index contributed by atoms with van der Waals surface area (Å²) in [7, 11) is 0. The highest BCUT2D eigenvalue weighted by Gasteiger charge is 2.30. The molecule has 39 heavy (non-hydrogen) atoms. The summed E-state index contributed by atoms with van der Waals surface area (Å²) in [4.78, 5) is 29.5. The van der Waals surface area contributed by atoms with Crippen LogP contribution in [0.15, 0.2) is 59.5 Å². The molecule has 2 aromatic heterocycles. The van der Waals surface area contributed by atoms with Crippen LogP contribution in [-0.4, -0.2) is 27.2 Å². The van der Waals surface area contributed by atoms with Gasteiger partial charge in [-0.15, -0.1) is 0 Å². The summed E-state index contributed by atoms with van der Waals surface area (Å²) in [6.07, 6.45) is -2.26. The third kappa shape index (κ3) is 4.34. The van der Waals surface area contributed by atoms with E-state index in [0.29, 0.717) is 55.9 Å². The Hall–Kier alpha value is -4.18. The van der Waals surface area contributed by atoms with Crippen molar-refractivity contribution in [3.05, 3.63) is 92.2 Å². The third-order valence-corrected chi connectivity index (χ3v) is 8.09. The Morgan fingerprint density at radius 1 is 1.15 bits per heavy atom. The minimum atomic E-state index is -4.45. The number of benzene rings is 3. The second-order valence-corrected chi connectivity index (χ2v) is 10.5. The number of ether oxygens (including phenoxy) is 1. The predicted molar refractivity (Wildman–Crippen MR) is 143 cm³/mol. The van der Waals surface area contributed by atoms with Gasteiger partial charge in [-0.3, -0.25) is 19.1 Å². The van der Waals surface area contributed by atoms with Crippen molar-refractivity contribution < 1.29 is 27.8 Å². The first-order chi connectivity index (χ1) is 18.6. The van der Waals surface area contributed by atoms with E-state index in [1.165, 1.54) is 16.7 Å². The van der Waals surface area contributed by atoms with Crippen molar-refractivity contribution in [2.45, 2.75) is 32.5 Å². The van der Waals surface area contributed by atoms with E-state index in [-0.39, 0.29) is 17.8 Å². The van der Waals surface area contributed by atoms with Gasteiger partial charge in [-0.1, -0.05) is 23.5 Å². The molecule has 6 rings (SSSR count). The number of pyridine rings is 1. The Morgan fingerprint density at radius 3 is 2.64 bits per heavy atom. The smallest absolute Gasteiger partial charge is 0.416 e. The minimum Gasteiger partial charge on any atom is -0.493 e. The average Bonchev–Trinajstić information content (AvgIpc) is 3.19. The lowest BCUT2D eigenvalue weighted by molar-refractivity contribution is -0.138. The maximum Gasteiger partial charge on any atom is 0.416 e. The van der Waals surface area contributed by atoms with E-state index in [2.05, 4.69) is 4.98 Å². The lowest BCUT2D eigenvalue weighted by Crippen LogP contribution is -2.14. The predicted octanol–water partition coefficient (Wildman–Crippen LogP) is 6.22. The van der Waals surface area contributed by atoms with E-state index in [9.17, 15) is 27.9 Å². The van der Waals surface area contributed by atoms with Crippen LogP contribution in [0.5, 0.6) is 5.75 Å². The number of fused-ring (bicyclic) bond motifs is 1. The van der Waals surface area contributed by atoms with Gasteiger partial charge in [0.2, 0.25) is 0 Å². The molecule has 3 heterocycles. The van der Waals surface area contributed by atoms with Crippen LogP contribution in [0, 0.1) is 6.92 Å². The fourth-order valence-electron chi connectivity index (χ4n) is 5.26. The Morgan fingerprint density at radius 2 is 1.92 bits per heavy atom. The van der Waals surface area contributed by atoms with Crippen molar-refractivity contribution in [2.24, 2.45) is 0 Å². The van der Waals surface area contributed by atoms with Gasteiger partial charge in [0.25, 0.3) is 0 Å². The number of halogens is 3. The Balaban J connectivity index is 1.58. The Bertz CT molecular complexity index is 1830. The summed E-state index contributed by atoms with van der Waals surface area (Å²) in [5, 5.41) is 10.6. The number of thiazole rings is 1. The van der Waals surface area contributed by atoms with Crippen LogP contribution in [-0.2, 0) is 30.4 Å². The molecule has 0 aliphatic carbocycles. The molecule has 5 aromatic rings. The number of hydrogen-bond acceptors (Lipinski definition) is 5. The molecule has 0 bridgehead atoms. The number of carboxylic acid groups (broad SMARTS) is 1. The molecule has 0 saturated carbocycles. The van der Waals surface area contributed by atoms with Crippen molar-refractivity contribution in [1.29, 1.82) is 0 Å². The first-order valence-electron chi connectivity index (χ1n) is 12.2. The molecule has 1 aliphatic heterocycles. The molecule has 1 aliphatic rings. The molecule has 6 nitrogen and oxygen atoms in total. The normalized spacial score (nSPS) is 13.1. The number of carboxylic acids is 1. The molecule has 0 unspecified atom stereocenters. The quantitative estimate of drug-likeness (QED) is 0.281. The molecule has 0 radical (unpaired) electrons. The summed E-state index contributed by atoms with van der Waals surface area (Å²) in [5.41, 5.74) is 4.72. The lowest BCUT2D eigenvalue weighted by Gasteiger charge is -2.21. The van der Waals surface area contributed by atoms with Gasteiger partial charge in [-0.25, -0.2) is 0 Å². The summed E-state index contributed by atoms with van der Waals surface area (Å²) in [6.45, 7) is 2.43. The largest absolute Gasteiger partial charge is 0.493 e. The van der Waals surface area contributed by atoms with Crippen LogP contribution in [0.3, 0.4) is 0 Å².